The van der Waals surface area contributed by atoms with Crippen LogP contribution in [0, 0.1) is 11.8 Å². The molecule has 110 valence electrons. The van der Waals surface area contributed by atoms with Crippen LogP contribution in [0.15, 0.2) is 29.2 Å². The maximum Gasteiger partial charge on any atom is 0.243 e. The summed E-state index contributed by atoms with van der Waals surface area (Å²) in [5, 5.41) is 0.543. The van der Waals surface area contributed by atoms with Crippen LogP contribution in [-0.2, 0) is 10.0 Å². The summed E-state index contributed by atoms with van der Waals surface area (Å²) in [6, 6.07) is 6.50. The number of halogens is 1. The van der Waals surface area contributed by atoms with Crippen molar-refractivity contribution in [2.24, 2.45) is 17.6 Å². The van der Waals surface area contributed by atoms with Crippen molar-refractivity contribution in [2.75, 3.05) is 13.1 Å². The average Bonchev–Trinajstić information content (AvgIpc) is 2.85. The van der Waals surface area contributed by atoms with Gasteiger partial charge in [0.15, 0.2) is 0 Å². The van der Waals surface area contributed by atoms with Gasteiger partial charge in [-0.3, -0.25) is 0 Å². The Hall–Kier alpha value is -0.620. The van der Waals surface area contributed by atoms with Crippen LogP contribution in [0.2, 0.25) is 5.02 Å². The highest BCUT2D eigenvalue weighted by Crippen LogP contribution is 2.37. The van der Waals surface area contributed by atoms with Gasteiger partial charge in [-0.1, -0.05) is 18.0 Å². The maximum atomic E-state index is 12.6. The SMILES string of the molecule is NC1CCCC2CN(S(=O)(=O)c3ccc(Cl)cc3)CC12. The van der Waals surface area contributed by atoms with Crippen LogP contribution < -0.4 is 5.73 Å². The highest BCUT2D eigenvalue weighted by molar-refractivity contribution is 7.89. The minimum absolute atomic E-state index is 0.138. The quantitative estimate of drug-likeness (QED) is 0.909. The summed E-state index contributed by atoms with van der Waals surface area (Å²) in [4.78, 5) is 0.314. The van der Waals surface area contributed by atoms with Gasteiger partial charge in [-0.25, -0.2) is 8.42 Å². The topological polar surface area (TPSA) is 63.4 Å². The van der Waals surface area contributed by atoms with E-state index in [1.54, 1.807) is 28.6 Å². The monoisotopic (exact) mass is 314 g/mol. The Balaban J connectivity index is 1.84. The first-order valence-electron chi connectivity index (χ1n) is 7.00. The molecule has 1 saturated heterocycles. The maximum absolute atomic E-state index is 12.6. The molecule has 0 amide bonds. The second-order valence-electron chi connectivity index (χ2n) is 5.79. The van der Waals surface area contributed by atoms with Crippen LogP contribution in [0.4, 0.5) is 0 Å². The van der Waals surface area contributed by atoms with Gasteiger partial charge in [0.25, 0.3) is 0 Å². The molecular weight excluding hydrogens is 296 g/mol. The van der Waals surface area contributed by atoms with Crippen molar-refractivity contribution in [1.29, 1.82) is 0 Å². The summed E-state index contributed by atoms with van der Waals surface area (Å²) in [6.07, 6.45) is 3.21. The van der Waals surface area contributed by atoms with Crippen LogP contribution in [0.25, 0.3) is 0 Å². The number of fused-ring (bicyclic) bond motifs is 1. The van der Waals surface area contributed by atoms with Gasteiger partial charge in [0, 0.05) is 24.2 Å². The fourth-order valence-corrected chi connectivity index (χ4v) is 5.09. The molecule has 0 radical (unpaired) electrons. The van der Waals surface area contributed by atoms with Gasteiger partial charge in [0.05, 0.1) is 4.90 Å². The molecule has 1 heterocycles. The van der Waals surface area contributed by atoms with Gasteiger partial charge in [0.2, 0.25) is 10.0 Å². The van der Waals surface area contributed by atoms with Gasteiger partial charge in [-0.15, -0.1) is 0 Å². The van der Waals surface area contributed by atoms with Crippen LogP contribution in [-0.4, -0.2) is 31.9 Å². The van der Waals surface area contributed by atoms with E-state index in [4.69, 9.17) is 17.3 Å². The van der Waals surface area contributed by atoms with Gasteiger partial charge >= 0.3 is 0 Å². The number of rotatable bonds is 2. The fourth-order valence-electron chi connectivity index (χ4n) is 3.43. The summed E-state index contributed by atoms with van der Waals surface area (Å²) < 4.78 is 26.9. The Morgan fingerprint density at radius 1 is 1.15 bits per heavy atom. The molecule has 1 aromatic rings. The first-order valence-corrected chi connectivity index (χ1v) is 8.81. The number of nitrogens with two attached hydrogens (primary N) is 1. The lowest BCUT2D eigenvalue weighted by Gasteiger charge is -2.29. The molecule has 6 heteroatoms. The Bertz CT molecular complexity index is 588. The standard InChI is InChI=1S/C14H19ClN2O2S/c15-11-4-6-12(7-5-11)20(18,19)17-8-10-2-1-3-14(16)13(10)9-17/h4-7,10,13-14H,1-3,8-9,16H2. The second kappa shape index (κ2) is 5.30. The van der Waals surface area contributed by atoms with Crippen LogP contribution in [0.5, 0.6) is 0 Å². The molecule has 2 aliphatic rings. The number of hydrogen-bond acceptors (Lipinski definition) is 3. The van der Waals surface area contributed by atoms with Crippen molar-refractivity contribution in [3.05, 3.63) is 29.3 Å². The predicted octanol–water partition coefficient (Wildman–Crippen LogP) is 2.09. The molecule has 2 N–H and O–H groups in total. The van der Waals surface area contributed by atoms with E-state index in [0.717, 1.165) is 19.3 Å². The van der Waals surface area contributed by atoms with Crippen molar-refractivity contribution in [3.63, 3.8) is 0 Å². The van der Waals surface area contributed by atoms with E-state index in [1.807, 2.05) is 0 Å². The summed E-state index contributed by atoms with van der Waals surface area (Å²) in [5.74, 6) is 0.728. The summed E-state index contributed by atoms with van der Waals surface area (Å²) in [5.41, 5.74) is 6.15. The van der Waals surface area contributed by atoms with E-state index in [-0.39, 0.29) is 6.04 Å². The fraction of sp³-hybridized carbons (Fsp3) is 0.571. The molecule has 1 aromatic carbocycles. The minimum Gasteiger partial charge on any atom is -0.327 e. The van der Waals surface area contributed by atoms with Crippen molar-refractivity contribution < 1.29 is 8.42 Å². The third-order valence-corrected chi connectivity index (χ3v) is 6.67. The van der Waals surface area contributed by atoms with Gasteiger partial charge in [-0.05, 0) is 48.9 Å². The summed E-state index contributed by atoms with van der Waals surface area (Å²) in [7, 11) is -3.42. The normalized spacial score (nSPS) is 31.2. The van der Waals surface area contributed by atoms with E-state index in [2.05, 4.69) is 0 Å². The third kappa shape index (κ3) is 2.48. The molecule has 2 fully saturated rings. The van der Waals surface area contributed by atoms with E-state index in [9.17, 15) is 8.42 Å². The van der Waals surface area contributed by atoms with E-state index in [0.29, 0.717) is 34.8 Å². The zero-order chi connectivity index (χ0) is 14.3. The zero-order valence-electron chi connectivity index (χ0n) is 11.2. The molecule has 1 aliphatic carbocycles. The smallest absolute Gasteiger partial charge is 0.243 e. The van der Waals surface area contributed by atoms with Gasteiger partial charge in [0.1, 0.15) is 0 Å². The molecular formula is C14H19ClN2O2S. The van der Waals surface area contributed by atoms with Crippen LogP contribution >= 0.6 is 11.6 Å². The predicted molar refractivity (Wildman–Crippen MR) is 79.0 cm³/mol. The molecule has 1 saturated carbocycles. The van der Waals surface area contributed by atoms with Crippen molar-refractivity contribution in [2.45, 2.75) is 30.2 Å². The number of benzene rings is 1. The average molecular weight is 315 g/mol. The summed E-state index contributed by atoms with van der Waals surface area (Å²) in [6.45, 7) is 1.15. The number of sulfonamides is 1. The molecule has 4 nitrogen and oxygen atoms in total. The molecule has 1 aliphatic heterocycles. The first-order chi connectivity index (χ1) is 9.48. The molecule has 0 spiro atoms. The lowest BCUT2D eigenvalue weighted by molar-refractivity contribution is 0.260. The Kier molecular flexibility index (Phi) is 3.79. The lowest BCUT2D eigenvalue weighted by atomic mass is 9.78. The Morgan fingerprint density at radius 3 is 2.50 bits per heavy atom. The first kappa shape index (κ1) is 14.3. The lowest BCUT2D eigenvalue weighted by Crippen LogP contribution is -2.38. The molecule has 3 atom stereocenters. The van der Waals surface area contributed by atoms with Gasteiger partial charge in [-0.2, -0.15) is 4.31 Å². The molecule has 3 unspecified atom stereocenters. The van der Waals surface area contributed by atoms with Crippen molar-refractivity contribution in [3.8, 4) is 0 Å². The second-order valence-corrected chi connectivity index (χ2v) is 8.17. The largest absolute Gasteiger partial charge is 0.327 e. The van der Waals surface area contributed by atoms with Crippen LogP contribution in [0.1, 0.15) is 19.3 Å². The van der Waals surface area contributed by atoms with Crippen molar-refractivity contribution >= 4 is 21.6 Å². The Labute approximate surface area is 125 Å². The van der Waals surface area contributed by atoms with Gasteiger partial charge < -0.3 is 5.73 Å². The van der Waals surface area contributed by atoms with E-state index >= 15 is 0 Å². The molecule has 20 heavy (non-hydrogen) atoms. The van der Waals surface area contributed by atoms with E-state index < -0.39 is 10.0 Å². The van der Waals surface area contributed by atoms with E-state index in [1.165, 1.54) is 0 Å². The molecule has 3 rings (SSSR count). The van der Waals surface area contributed by atoms with Crippen LogP contribution in [0.3, 0.4) is 0 Å². The zero-order valence-corrected chi connectivity index (χ0v) is 12.8. The highest BCUT2D eigenvalue weighted by atomic mass is 35.5. The molecule has 0 aromatic heterocycles. The highest BCUT2D eigenvalue weighted by Gasteiger charge is 2.43. The minimum atomic E-state index is -3.42. The Morgan fingerprint density at radius 2 is 1.85 bits per heavy atom. The summed E-state index contributed by atoms with van der Waals surface area (Å²) >= 11 is 5.82. The third-order valence-electron chi connectivity index (χ3n) is 4.57. The molecule has 0 bridgehead atoms. The number of nitrogens with zero attached hydrogens (tertiary/aromatic N) is 1. The van der Waals surface area contributed by atoms with Crippen molar-refractivity contribution in [1.82, 2.24) is 4.31 Å². The number of hydrogen-bond donors (Lipinski definition) is 1.